The molecule has 0 saturated heterocycles. The highest BCUT2D eigenvalue weighted by atomic mass is 16.2. The molecule has 1 rings (SSSR count). The number of aryl methyl sites for hydroxylation is 1. The first kappa shape index (κ1) is 17.2. The molecule has 2 nitrogen and oxygen atoms in total. The van der Waals surface area contributed by atoms with E-state index in [1.54, 1.807) is 25.1 Å². The zero-order valence-corrected chi connectivity index (χ0v) is 13.3. The molecule has 0 N–H and O–H groups in total. The lowest BCUT2D eigenvalue weighted by atomic mass is 10.1. The molecule has 0 aromatic heterocycles. The van der Waals surface area contributed by atoms with E-state index in [1.807, 2.05) is 12.2 Å². The summed E-state index contributed by atoms with van der Waals surface area (Å²) in [6.45, 7) is 0. The van der Waals surface area contributed by atoms with Gasteiger partial charge in [-0.2, -0.15) is 0 Å². The Morgan fingerprint density at radius 3 is 2.43 bits per heavy atom. The van der Waals surface area contributed by atoms with Crippen molar-refractivity contribution in [3.8, 4) is 0 Å². The molecule has 0 aliphatic heterocycles. The largest absolute Gasteiger partial charge is 0.345 e. The molecule has 1 aromatic rings. The Kier molecular flexibility index (Phi) is 8.94. The molecule has 0 spiro atoms. The summed E-state index contributed by atoms with van der Waals surface area (Å²) in [7, 11) is 3.51. The molecule has 21 heavy (non-hydrogen) atoms. The molecule has 0 bridgehead atoms. The molecule has 2 heteroatoms. The van der Waals surface area contributed by atoms with Crippen LogP contribution in [0.15, 0.2) is 54.6 Å². The third kappa shape index (κ3) is 8.85. The predicted molar refractivity (Wildman–Crippen MR) is 90.2 cm³/mol. The van der Waals surface area contributed by atoms with Gasteiger partial charge in [-0.05, 0) is 31.2 Å². The number of rotatable bonds is 9. The lowest BCUT2D eigenvalue weighted by Crippen LogP contribution is -2.18. The van der Waals surface area contributed by atoms with Crippen molar-refractivity contribution in [1.82, 2.24) is 4.90 Å². The van der Waals surface area contributed by atoms with Gasteiger partial charge in [0.15, 0.2) is 0 Å². The van der Waals surface area contributed by atoms with Crippen LogP contribution in [0.1, 0.15) is 37.7 Å². The van der Waals surface area contributed by atoms with Gasteiger partial charge in [-0.25, -0.2) is 0 Å². The molecule has 0 aliphatic carbocycles. The fourth-order valence-electron chi connectivity index (χ4n) is 2.05. The molecule has 0 heterocycles. The number of hydrogen-bond acceptors (Lipinski definition) is 1. The quantitative estimate of drug-likeness (QED) is 0.374. The first-order valence-electron chi connectivity index (χ1n) is 7.78. The van der Waals surface area contributed by atoms with Crippen LogP contribution in [-0.4, -0.2) is 24.9 Å². The normalized spacial score (nSPS) is 11.3. The van der Waals surface area contributed by atoms with Gasteiger partial charge >= 0.3 is 0 Å². The SMILES string of the molecule is CN(C)C(=O)/C=C/C=C/CCCCCCc1ccccc1. The summed E-state index contributed by atoms with van der Waals surface area (Å²) in [5, 5.41) is 0. The number of likely N-dealkylation sites (N-methyl/N-ethyl adjacent to an activating group) is 1. The lowest BCUT2D eigenvalue weighted by molar-refractivity contribution is -0.123. The summed E-state index contributed by atoms with van der Waals surface area (Å²) < 4.78 is 0. The number of benzene rings is 1. The number of unbranched alkanes of at least 4 members (excludes halogenated alkanes) is 4. The Bertz CT molecular complexity index is 446. The lowest BCUT2D eigenvalue weighted by Gasteiger charge is -2.04. The smallest absolute Gasteiger partial charge is 0.246 e. The molecule has 1 aromatic carbocycles. The van der Waals surface area contributed by atoms with E-state index >= 15 is 0 Å². The maximum absolute atomic E-state index is 11.3. The van der Waals surface area contributed by atoms with Gasteiger partial charge in [0.2, 0.25) is 5.91 Å². The highest BCUT2D eigenvalue weighted by Gasteiger charge is 1.94. The Morgan fingerprint density at radius 2 is 1.71 bits per heavy atom. The Labute approximate surface area is 129 Å². The van der Waals surface area contributed by atoms with E-state index in [1.165, 1.54) is 37.7 Å². The Morgan fingerprint density at radius 1 is 1.00 bits per heavy atom. The molecule has 1 amide bonds. The van der Waals surface area contributed by atoms with Crippen LogP contribution in [0.2, 0.25) is 0 Å². The number of allylic oxidation sites excluding steroid dienone is 3. The summed E-state index contributed by atoms with van der Waals surface area (Å²) in [5.41, 5.74) is 1.44. The summed E-state index contributed by atoms with van der Waals surface area (Å²) in [4.78, 5) is 12.8. The van der Waals surface area contributed by atoms with Crippen LogP contribution >= 0.6 is 0 Å². The number of nitrogens with zero attached hydrogens (tertiary/aromatic N) is 1. The highest BCUT2D eigenvalue weighted by Crippen LogP contribution is 2.09. The maximum Gasteiger partial charge on any atom is 0.246 e. The van der Waals surface area contributed by atoms with Crippen molar-refractivity contribution in [1.29, 1.82) is 0 Å². The van der Waals surface area contributed by atoms with E-state index in [-0.39, 0.29) is 5.91 Å². The number of carbonyl (C=O) groups is 1. The Balaban J connectivity index is 1.98. The molecule has 0 atom stereocenters. The first-order chi connectivity index (χ1) is 10.2. The summed E-state index contributed by atoms with van der Waals surface area (Å²) in [5.74, 6) is 0.0283. The molecule has 114 valence electrons. The maximum atomic E-state index is 11.3. The van der Waals surface area contributed by atoms with E-state index in [0.29, 0.717) is 0 Å². The summed E-state index contributed by atoms with van der Waals surface area (Å²) >= 11 is 0. The van der Waals surface area contributed by atoms with E-state index < -0.39 is 0 Å². The van der Waals surface area contributed by atoms with Crippen LogP contribution in [0, 0.1) is 0 Å². The van der Waals surface area contributed by atoms with Crippen LogP contribution in [0.25, 0.3) is 0 Å². The minimum Gasteiger partial charge on any atom is -0.345 e. The molecule has 0 unspecified atom stereocenters. The van der Waals surface area contributed by atoms with Gasteiger partial charge in [-0.1, -0.05) is 61.4 Å². The third-order valence-corrected chi connectivity index (χ3v) is 3.36. The molecule has 0 fully saturated rings. The van der Waals surface area contributed by atoms with Crippen LogP contribution in [0.3, 0.4) is 0 Å². The number of carbonyl (C=O) groups excluding carboxylic acids is 1. The van der Waals surface area contributed by atoms with Gasteiger partial charge in [0.1, 0.15) is 0 Å². The van der Waals surface area contributed by atoms with Crippen molar-refractivity contribution >= 4 is 5.91 Å². The molecule has 0 radical (unpaired) electrons. The molecule has 0 aliphatic rings. The summed E-state index contributed by atoms with van der Waals surface area (Å²) in [6, 6.07) is 10.7. The minimum atomic E-state index is 0.0283. The predicted octanol–water partition coefficient (Wildman–Crippen LogP) is 4.38. The fourth-order valence-corrected chi connectivity index (χ4v) is 2.05. The second-order valence-corrected chi connectivity index (χ2v) is 5.46. The van der Waals surface area contributed by atoms with Crippen LogP contribution in [0.4, 0.5) is 0 Å². The van der Waals surface area contributed by atoms with Gasteiger partial charge in [0.25, 0.3) is 0 Å². The van der Waals surface area contributed by atoms with Crippen molar-refractivity contribution in [2.24, 2.45) is 0 Å². The van der Waals surface area contributed by atoms with Gasteiger partial charge in [-0.3, -0.25) is 4.79 Å². The van der Waals surface area contributed by atoms with Crippen molar-refractivity contribution in [2.75, 3.05) is 14.1 Å². The standard InChI is InChI=1S/C19H27NO/c1-20(2)19(21)17-13-8-6-4-3-5-7-10-14-18-15-11-9-12-16-18/h6,8-9,11-13,15-17H,3-5,7,10,14H2,1-2H3/b8-6+,17-13+. The summed E-state index contributed by atoms with van der Waals surface area (Å²) in [6.07, 6.45) is 14.8. The zero-order chi connectivity index (χ0) is 15.3. The average Bonchev–Trinajstić information content (AvgIpc) is 2.49. The number of amides is 1. The Hall–Kier alpha value is -1.83. The van der Waals surface area contributed by atoms with Gasteiger partial charge in [0, 0.05) is 20.2 Å². The van der Waals surface area contributed by atoms with Crippen molar-refractivity contribution in [3.63, 3.8) is 0 Å². The second-order valence-electron chi connectivity index (χ2n) is 5.46. The van der Waals surface area contributed by atoms with Crippen LogP contribution in [-0.2, 0) is 11.2 Å². The molecule has 0 saturated carbocycles. The fraction of sp³-hybridized carbons (Fsp3) is 0.421. The van der Waals surface area contributed by atoms with Gasteiger partial charge in [0.05, 0.1) is 0 Å². The third-order valence-electron chi connectivity index (χ3n) is 3.36. The van der Waals surface area contributed by atoms with Crippen molar-refractivity contribution in [2.45, 2.75) is 38.5 Å². The van der Waals surface area contributed by atoms with Crippen LogP contribution < -0.4 is 0 Å². The number of hydrogen-bond donors (Lipinski definition) is 0. The van der Waals surface area contributed by atoms with Crippen molar-refractivity contribution in [3.05, 3.63) is 60.2 Å². The molecular formula is C19H27NO. The minimum absolute atomic E-state index is 0.0283. The van der Waals surface area contributed by atoms with E-state index in [0.717, 1.165) is 6.42 Å². The second kappa shape index (κ2) is 10.9. The van der Waals surface area contributed by atoms with E-state index in [2.05, 4.69) is 36.4 Å². The van der Waals surface area contributed by atoms with E-state index in [9.17, 15) is 4.79 Å². The average molecular weight is 285 g/mol. The zero-order valence-electron chi connectivity index (χ0n) is 13.3. The van der Waals surface area contributed by atoms with Gasteiger partial charge in [-0.15, -0.1) is 0 Å². The van der Waals surface area contributed by atoms with E-state index in [4.69, 9.17) is 0 Å². The van der Waals surface area contributed by atoms with Crippen molar-refractivity contribution < 1.29 is 4.79 Å². The molecular weight excluding hydrogens is 258 g/mol. The highest BCUT2D eigenvalue weighted by molar-refractivity contribution is 5.87. The monoisotopic (exact) mass is 285 g/mol. The topological polar surface area (TPSA) is 20.3 Å². The van der Waals surface area contributed by atoms with Gasteiger partial charge < -0.3 is 4.90 Å². The van der Waals surface area contributed by atoms with Crippen LogP contribution in [0.5, 0.6) is 0 Å². The first-order valence-corrected chi connectivity index (χ1v) is 7.78.